The predicted molar refractivity (Wildman–Crippen MR) is 76.8 cm³/mol. The second kappa shape index (κ2) is 5.31. The van der Waals surface area contributed by atoms with Crippen LogP contribution in [0.1, 0.15) is 27.7 Å². The molecule has 0 aliphatic carbocycles. The maximum atomic E-state index is 13.7. The van der Waals surface area contributed by atoms with Gasteiger partial charge in [-0.3, -0.25) is 4.79 Å². The summed E-state index contributed by atoms with van der Waals surface area (Å²) in [7, 11) is -0.693. The third kappa shape index (κ3) is 3.36. The van der Waals surface area contributed by atoms with Gasteiger partial charge in [-0.2, -0.15) is 0 Å². The summed E-state index contributed by atoms with van der Waals surface area (Å²) >= 11 is 0. The van der Waals surface area contributed by atoms with Gasteiger partial charge in [0.05, 0.1) is 11.2 Å². The van der Waals surface area contributed by atoms with Gasteiger partial charge in [-0.25, -0.2) is 4.39 Å². The molecule has 1 aliphatic rings. The fourth-order valence-corrected chi connectivity index (χ4v) is 1.94. The molecule has 0 atom stereocenters. The Kier molecular flexibility index (Phi) is 3.99. The zero-order valence-electron chi connectivity index (χ0n) is 12.6. The topological polar surface area (TPSA) is 70.8 Å². The normalized spacial score (nSPS) is 19.6. The fourth-order valence-electron chi connectivity index (χ4n) is 1.94. The largest absolute Gasteiger partial charge is 0.495 e. The fraction of sp³-hybridized carbons (Fsp3) is 0.500. The number of ether oxygens (including phenoxy) is 1. The van der Waals surface area contributed by atoms with Gasteiger partial charge in [-0.15, -0.1) is 0 Å². The van der Waals surface area contributed by atoms with Crippen molar-refractivity contribution < 1.29 is 23.2 Å². The minimum absolute atomic E-state index is 0.207. The molecule has 1 aromatic carbocycles. The quantitative estimate of drug-likeness (QED) is 0.841. The lowest BCUT2D eigenvalue weighted by atomic mass is 9.79. The maximum Gasteiger partial charge on any atom is 0.495 e. The van der Waals surface area contributed by atoms with Crippen molar-refractivity contribution in [3.05, 3.63) is 24.0 Å². The van der Waals surface area contributed by atoms with E-state index in [1.807, 2.05) is 27.7 Å². The highest BCUT2D eigenvalue weighted by Gasteiger charge is 2.51. The number of primary amides is 1. The van der Waals surface area contributed by atoms with E-state index in [-0.39, 0.29) is 12.4 Å². The summed E-state index contributed by atoms with van der Waals surface area (Å²) in [6.07, 6.45) is 0. The predicted octanol–water partition coefficient (Wildman–Crippen LogP) is 0.989. The van der Waals surface area contributed by atoms with Gasteiger partial charge in [0, 0.05) is 6.07 Å². The number of benzene rings is 1. The molecular weight excluding hydrogens is 276 g/mol. The lowest BCUT2D eigenvalue weighted by Gasteiger charge is -2.32. The van der Waals surface area contributed by atoms with Crippen molar-refractivity contribution in [2.75, 3.05) is 6.61 Å². The van der Waals surface area contributed by atoms with Gasteiger partial charge in [-0.05, 0) is 45.3 Å². The lowest BCUT2D eigenvalue weighted by molar-refractivity contribution is -0.119. The molecule has 1 heterocycles. The standard InChI is InChI=1S/C14H19BFNO4/c1-13(2)14(3,4)21-15(20-13)9-5-10(16)7-11(6-9)19-8-12(17)18/h5-7H,8H2,1-4H3,(H2,17,18). The maximum absolute atomic E-state index is 13.7. The summed E-state index contributed by atoms with van der Waals surface area (Å²) in [6.45, 7) is 7.34. The van der Waals surface area contributed by atoms with E-state index in [0.717, 1.165) is 0 Å². The van der Waals surface area contributed by atoms with Crippen molar-refractivity contribution in [3.8, 4) is 5.75 Å². The Bertz CT molecular complexity index is 546. The van der Waals surface area contributed by atoms with Crippen LogP contribution in [0.2, 0.25) is 0 Å². The molecule has 0 aromatic heterocycles. The first kappa shape index (κ1) is 15.8. The Morgan fingerprint density at radius 1 is 1.24 bits per heavy atom. The van der Waals surface area contributed by atoms with Crippen LogP contribution in [0.5, 0.6) is 5.75 Å². The number of hydrogen-bond acceptors (Lipinski definition) is 4. The first-order chi connectivity index (χ1) is 9.60. The third-order valence-corrected chi connectivity index (χ3v) is 3.80. The molecule has 0 saturated carbocycles. The van der Waals surface area contributed by atoms with E-state index in [1.165, 1.54) is 12.1 Å². The summed E-state index contributed by atoms with van der Waals surface area (Å²) in [5.74, 6) is -0.920. The van der Waals surface area contributed by atoms with Crippen molar-refractivity contribution in [2.24, 2.45) is 5.73 Å². The third-order valence-electron chi connectivity index (χ3n) is 3.80. The molecule has 1 fully saturated rings. The summed E-state index contributed by atoms with van der Waals surface area (Å²) in [5.41, 5.74) is 4.46. The second-order valence-corrected chi connectivity index (χ2v) is 6.06. The molecular formula is C14H19BFNO4. The second-order valence-electron chi connectivity index (χ2n) is 6.06. The molecule has 114 valence electrons. The Morgan fingerprint density at radius 2 is 1.81 bits per heavy atom. The zero-order chi connectivity index (χ0) is 15.8. The molecule has 0 bridgehead atoms. The summed E-state index contributed by atoms with van der Waals surface area (Å²) in [4.78, 5) is 10.7. The number of hydrogen-bond donors (Lipinski definition) is 1. The molecule has 0 unspecified atom stereocenters. The summed E-state index contributed by atoms with van der Waals surface area (Å²) in [5, 5.41) is 0. The molecule has 1 aromatic rings. The number of nitrogens with two attached hydrogens (primary N) is 1. The van der Waals surface area contributed by atoms with Crippen molar-refractivity contribution in [3.63, 3.8) is 0 Å². The van der Waals surface area contributed by atoms with Crippen LogP contribution in [0.15, 0.2) is 18.2 Å². The molecule has 21 heavy (non-hydrogen) atoms. The highest BCUT2D eigenvalue weighted by Crippen LogP contribution is 2.36. The van der Waals surface area contributed by atoms with E-state index in [1.54, 1.807) is 6.07 Å². The molecule has 1 amide bonds. The molecule has 0 spiro atoms. The van der Waals surface area contributed by atoms with E-state index in [9.17, 15) is 9.18 Å². The smallest absolute Gasteiger partial charge is 0.484 e. The van der Waals surface area contributed by atoms with Crippen LogP contribution in [-0.2, 0) is 14.1 Å². The van der Waals surface area contributed by atoms with Crippen LogP contribution in [0.3, 0.4) is 0 Å². The number of halogens is 1. The van der Waals surface area contributed by atoms with Gasteiger partial charge in [0.1, 0.15) is 11.6 Å². The number of rotatable bonds is 4. The van der Waals surface area contributed by atoms with Crippen molar-refractivity contribution in [2.45, 2.75) is 38.9 Å². The monoisotopic (exact) mass is 295 g/mol. The molecule has 0 radical (unpaired) electrons. The minimum atomic E-state index is -0.693. The van der Waals surface area contributed by atoms with Gasteiger partial charge in [0.25, 0.3) is 5.91 Å². The molecule has 7 heteroatoms. The highest BCUT2D eigenvalue weighted by atomic mass is 19.1. The van der Waals surface area contributed by atoms with Crippen molar-refractivity contribution in [1.29, 1.82) is 0 Å². The van der Waals surface area contributed by atoms with E-state index in [0.29, 0.717) is 5.46 Å². The van der Waals surface area contributed by atoms with E-state index in [2.05, 4.69) is 0 Å². The molecule has 2 rings (SSSR count). The first-order valence-electron chi connectivity index (χ1n) is 6.68. The van der Waals surface area contributed by atoms with Crippen LogP contribution in [0, 0.1) is 5.82 Å². The van der Waals surface area contributed by atoms with Crippen LogP contribution < -0.4 is 15.9 Å². The van der Waals surface area contributed by atoms with Crippen LogP contribution in [0.4, 0.5) is 4.39 Å². The average molecular weight is 295 g/mol. The molecule has 1 saturated heterocycles. The molecule has 1 aliphatic heterocycles. The van der Waals surface area contributed by atoms with E-state index >= 15 is 0 Å². The Hall–Kier alpha value is -1.60. The average Bonchev–Trinajstić information content (AvgIpc) is 2.55. The van der Waals surface area contributed by atoms with Crippen LogP contribution in [-0.4, -0.2) is 30.8 Å². The van der Waals surface area contributed by atoms with Gasteiger partial charge in [-0.1, -0.05) is 0 Å². The summed E-state index contributed by atoms with van der Waals surface area (Å²) < 4.78 is 30.5. The number of carbonyl (C=O) groups excluding carboxylic acids is 1. The van der Waals surface area contributed by atoms with Gasteiger partial charge in [0.15, 0.2) is 6.61 Å². The Morgan fingerprint density at radius 3 is 2.33 bits per heavy atom. The van der Waals surface area contributed by atoms with Crippen molar-refractivity contribution in [1.82, 2.24) is 0 Å². The van der Waals surface area contributed by atoms with Gasteiger partial charge < -0.3 is 19.8 Å². The van der Waals surface area contributed by atoms with Gasteiger partial charge in [0.2, 0.25) is 0 Å². The number of amides is 1. The van der Waals surface area contributed by atoms with E-state index < -0.39 is 30.0 Å². The highest BCUT2D eigenvalue weighted by molar-refractivity contribution is 6.62. The SMILES string of the molecule is CC1(C)OB(c2cc(F)cc(OCC(N)=O)c2)OC1(C)C. The molecule has 5 nitrogen and oxygen atoms in total. The Labute approximate surface area is 123 Å². The van der Waals surface area contributed by atoms with E-state index in [4.69, 9.17) is 19.8 Å². The number of carbonyl (C=O) groups is 1. The lowest BCUT2D eigenvalue weighted by Crippen LogP contribution is -2.41. The summed E-state index contributed by atoms with van der Waals surface area (Å²) in [6, 6.07) is 4.07. The zero-order valence-corrected chi connectivity index (χ0v) is 12.6. The van der Waals surface area contributed by atoms with Crippen molar-refractivity contribution >= 4 is 18.5 Å². The van der Waals surface area contributed by atoms with Gasteiger partial charge >= 0.3 is 7.12 Å². The molecule has 2 N–H and O–H groups in total. The first-order valence-corrected chi connectivity index (χ1v) is 6.68. The van der Waals surface area contributed by atoms with Crippen LogP contribution in [0.25, 0.3) is 0 Å². The Balaban J connectivity index is 2.23. The van der Waals surface area contributed by atoms with Crippen LogP contribution >= 0.6 is 0 Å². The minimum Gasteiger partial charge on any atom is -0.484 e.